The van der Waals surface area contributed by atoms with Gasteiger partial charge >= 0.3 is 6.09 Å². The van der Waals surface area contributed by atoms with E-state index in [2.05, 4.69) is 10.6 Å². The number of ether oxygens (including phenoxy) is 7. The standard InChI is InChI=1S/C31H56N2O19/c1-31(2,3)52-30(45)33-8-6-4-5-7-17(36)32-9-10-46-28-25(44)26(51-29-24(43)22(41)19(38)15(12-35)49-29)20(39)16(50-28)13-47-27-23(42)21(40)18(37)14(11-34)48-27/h14-16,18-29,34-35,37-44H,4-13H2,1-3H3,(H,32,36)(H,33,45)/t14-,15-,16-,18-,19-,20-,21+,22+,23-,24+,25+,26+,27+,28+,29-/m1/s1. The molecule has 15 atom stereocenters. The molecule has 0 bridgehead atoms. The van der Waals surface area contributed by atoms with Crippen molar-refractivity contribution in [3.8, 4) is 0 Å². The van der Waals surface area contributed by atoms with Crippen LogP contribution in [-0.4, -0.2) is 200 Å². The van der Waals surface area contributed by atoms with Crippen LogP contribution >= 0.6 is 0 Å². The minimum absolute atomic E-state index is 0.0293. The second kappa shape index (κ2) is 20.7. The molecule has 2 amide bonds. The number of amides is 2. The van der Waals surface area contributed by atoms with Gasteiger partial charge in [0, 0.05) is 19.5 Å². The molecule has 3 heterocycles. The molecule has 3 aliphatic rings. The SMILES string of the molecule is CC(C)(C)OC(=O)NCCCCCC(=O)NCCO[C@H]1O[C@H](CO[C@H]2O[C@H](CO)[C@@H](O)[C@H](O)[C@H]2O)[C@@H](O)[C@H](O[C@H]2O[C@H](CO)[C@@H](O)[C@H](O)[C@@H]2O)[C@@H]1O. The number of nitrogens with one attached hydrogen (secondary N) is 2. The van der Waals surface area contributed by atoms with Crippen molar-refractivity contribution < 1.29 is 93.8 Å². The summed E-state index contributed by atoms with van der Waals surface area (Å²) in [5, 5.41) is 108. The van der Waals surface area contributed by atoms with Gasteiger partial charge in [-0.15, -0.1) is 0 Å². The first-order chi connectivity index (χ1) is 24.5. The summed E-state index contributed by atoms with van der Waals surface area (Å²) in [7, 11) is 0. The smallest absolute Gasteiger partial charge is 0.407 e. The van der Waals surface area contributed by atoms with Gasteiger partial charge in [-0.25, -0.2) is 4.79 Å². The van der Waals surface area contributed by atoms with Gasteiger partial charge in [0.2, 0.25) is 5.91 Å². The van der Waals surface area contributed by atoms with E-state index in [0.29, 0.717) is 25.8 Å². The molecule has 0 unspecified atom stereocenters. The van der Waals surface area contributed by atoms with Crippen LogP contribution in [0, 0.1) is 0 Å². The van der Waals surface area contributed by atoms with Gasteiger partial charge < -0.3 is 94.9 Å². The van der Waals surface area contributed by atoms with Crippen molar-refractivity contribution in [2.75, 3.05) is 39.5 Å². The van der Waals surface area contributed by atoms with Crippen LogP contribution in [0.15, 0.2) is 0 Å². The van der Waals surface area contributed by atoms with Crippen LogP contribution in [0.1, 0.15) is 46.5 Å². The molecule has 21 nitrogen and oxygen atoms in total. The van der Waals surface area contributed by atoms with Gasteiger partial charge in [0.15, 0.2) is 18.9 Å². The van der Waals surface area contributed by atoms with Crippen molar-refractivity contribution in [2.24, 2.45) is 0 Å². The molecular weight excluding hydrogens is 704 g/mol. The van der Waals surface area contributed by atoms with Gasteiger partial charge in [0.05, 0.1) is 26.4 Å². The summed E-state index contributed by atoms with van der Waals surface area (Å²) in [6.07, 6.45) is -23.5. The predicted octanol–water partition coefficient (Wildman–Crippen LogP) is -5.35. The molecule has 0 aromatic carbocycles. The quantitative estimate of drug-likeness (QED) is 0.0616. The third-order valence-electron chi connectivity index (χ3n) is 8.51. The molecule has 0 spiro atoms. The summed E-state index contributed by atoms with van der Waals surface area (Å²) in [6.45, 7) is 3.30. The van der Waals surface area contributed by atoms with Gasteiger partial charge in [-0.2, -0.15) is 0 Å². The molecule has 0 aliphatic carbocycles. The van der Waals surface area contributed by atoms with Crippen LogP contribution in [0.2, 0.25) is 0 Å². The van der Waals surface area contributed by atoms with Crippen molar-refractivity contribution in [1.82, 2.24) is 10.6 Å². The van der Waals surface area contributed by atoms with Crippen LogP contribution in [0.4, 0.5) is 4.79 Å². The van der Waals surface area contributed by atoms with Crippen LogP contribution in [0.25, 0.3) is 0 Å². The number of aliphatic hydroxyl groups is 10. The van der Waals surface area contributed by atoms with Crippen LogP contribution in [0.3, 0.4) is 0 Å². The molecule has 3 fully saturated rings. The molecule has 0 aromatic rings. The summed E-state index contributed by atoms with van der Waals surface area (Å²) < 4.78 is 38.3. The Hall–Kier alpha value is -1.90. The minimum Gasteiger partial charge on any atom is -0.444 e. The lowest BCUT2D eigenvalue weighted by Gasteiger charge is -2.46. The largest absolute Gasteiger partial charge is 0.444 e. The number of rotatable bonds is 17. The first kappa shape index (κ1) is 44.5. The molecule has 0 saturated carbocycles. The van der Waals surface area contributed by atoms with E-state index in [1.165, 1.54) is 0 Å². The van der Waals surface area contributed by atoms with Crippen LogP contribution < -0.4 is 10.6 Å². The number of unbranched alkanes of at least 4 members (excludes halogenated alkanes) is 2. The van der Waals surface area contributed by atoms with E-state index in [-0.39, 0.29) is 25.5 Å². The Kier molecular flexibility index (Phi) is 17.7. The average Bonchev–Trinajstić information content (AvgIpc) is 3.09. The molecular formula is C31H56N2O19. The molecule has 12 N–H and O–H groups in total. The number of aliphatic hydroxyl groups excluding tert-OH is 10. The zero-order chi connectivity index (χ0) is 38.7. The first-order valence-corrected chi connectivity index (χ1v) is 17.2. The fourth-order valence-electron chi connectivity index (χ4n) is 5.61. The molecule has 3 saturated heterocycles. The lowest BCUT2D eigenvalue weighted by Crippen LogP contribution is -2.65. The predicted molar refractivity (Wildman–Crippen MR) is 171 cm³/mol. The maximum absolute atomic E-state index is 12.3. The number of hydrogen-bond donors (Lipinski definition) is 12. The Balaban J connectivity index is 1.56. The maximum Gasteiger partial charge on any atom is 0.407 e. The Morgan fingerprint density at radius 1 is 0.615 bits per heavy atom. The van der Waals surface area contributed by atoms with Crippen LogP contribution in [0.5, 0.6) is 0 Å². The molecule has 0 aromatic heterocycles. The fourth-order valence-corrected chi connectivity index (χ4v) is 5.61. The zero-order valence-electron chi connectivity index (χ0n) is 29.4. The Bertz CT molecular complexity index is 1080. The monoisotopic (exact) mass is 760 g/mol. The Labute approximate surface area is 300 Å². The lowest BCUT2D eigenvalue weighted by atomic mass is 9.96. The number of alkyl carbamates (subject to hydrolysis) is 1. The Morgan fingerprint density at radius 2 is 1.17 bits per heavy atom. The van der Waals surface area contributed by atoms with Gasteiger partial charge in [0.1, 0.15) is 78.8 Å². The van der Waals surface area contributed by atoms with Gasteiger partial charge in [-0.1, -0.05) is 6.42 Å². The second-order valence-corrected chi connectivity index (χ2v) is 13.8. The van der Waals surface area contributed by atoms with Gasteiger partial charge in [-0.3, -0.25) is 4.79 Å². The highest BCUT2D eigenvalue weighted by Gasteiger charge is 2.52. The van der Waals surface area contributed by atoms with E-state index >= 15 is 0 Å². The van der Waals surface area contributed by atoms with E-state index in [9.17, 15) is 60.7 Å². The van der Waals surface area contributed by atoms with Crippen molar-refractivity contribution >= 4 is 12.0 Å². The zero-order valence-corrected chi connectivity index (χ0v) is 29.4. The molecule has 3 rings (SSSR count). The minimum atomic E-state index is -1.89. The molecule has 52 heavy (non-hydrogen) atoms. The molecule has 0 radical (unpaired) electrons. The van der Waals surface area contributed by atoms with Crippen molar-refractivity contribution in [3.05, 3.63) is 0 Å². The average molecular weight is 761 g/mol. The van der Waals surface area contributed by atoms with Gasteiger partial charge in [-0.05, 0) is 33.6 Å². The first-order valence-electron chi connectivity index (χ1n) is 17.2. The maximum atomic E-state index is 12.3. The van der Waals surface area contributed by atoms with Crippen LogP contribution in [-0.2, 0) is 38.0 Å². The Morgan fingerprint density at radius 3 is 1.77 bits per heavy atom. The summed E-state index contributed by atoms with van der Waals surface area (Å²) in [4.78, 5) is 24.0. The van der Waals surface area contributed by atoms with Crippen molar-refractivity contribution in [2.45, 2.75) is 144 Å². The van der Waals surface area contributed by atoms with E-state index in [4.69, 9.17) is 33.2 Å². The van der Waals surface area contributed by atoms with E-state index in [0.717, 1.165) is 0 Å². The lowest BCUT2D eigenvalue weighted by molar-refractivity contribution is -0.366. The van der Waals surface area contributed by atoms with E-state index < -0.39 is 124 Å². The highest BCUT2D eigenvalue weighted by molar-refractivity contribution is 5.75. The summed E-state index contributed by atoms with van der Waals surface area (Å²) in [6, 6.07) is 0. The van der Waals surface area contributed by atoms with E-state index in [1.54, 1.807) is 20.8 Å². The number of hydrogen-bond acceptors (Lipinski definition) is 19. The molecule has 3 aliphatic heterocycles. The summed E-state index contributed by atoms with van der Waals surface area (Å²) in [5.41, 5.74) is -0.606. The van der Waals surface area contributed by atoms with Gasteiger partial charge in [0.25, 0.3) is 0 Å². The third-order valence-corrected chi connectivity index (χ3v) is 8.51. The summed E-state index contributed by atoms with van der Waals surface area (Å²) in [5.74, 6) is -0.293. The normalized spacial score (nSPS) is 38.4. The molecule has 304 valence electrons. The third kappa shape index (κ3) is 12.6. The van der Waals surface area contributed by atoms with Crippen molar-refractivity contribution in [3.63, 3.8) is 0 Å². The van der Waals surface area contributed by atoms with E-state index in [1.807, 2.05) is 0 Å². The fraction of sp³-hybridized carbons (Fsp3) is 0.935. The second-order valence-electron chi connectivity index (χ2n) is 13.8. The highest BCUT2D eigenvalue weighted by atomic mass is 16.7. The summed E-state index contributed by atoms with van der Waals surface area (Å²) >= 11 is 0. The number of carbonyl (C=O) groups excluding carboxylic acids is 2. The molecule has 21 heteroatoms. The van der Waals surface area contributed by atoms with Crippen molar-refractivity contribution in [1.29, 1.82) is 0 Å². The number of carbonyl (C=O) groups is 2. The highest BCUT2D eigenvalue weighted by Crippen LogP contribution is 2.31. The topological polar surface area (TPSA) is 325 Å².